The Labute approximate surface area is 109 Å². The first-order valence-corrected chi connectivity index (χ1v) is 6.57. The summed E-state index contributed by atoms with van der Waals surface area (Å²) in [7, 11) is 0. The third-order valence-corrected chi connectivity index (χ3v) is 3.66. The second kappa shape index (κ2) is 5.64. The summed E-state index contributed by atoms with van der Waals surface area (Å²) in [6, 6.07) is 5.87. The van der Waals surface area contributed by atoms with Gasteiger partial charge in [0.25, 0.3) is 0 Å². The van der Waals surface area contributed by atoms with Gasteiger partial charge in [0.05, 0.1) is 11.7 Å². The van der Waals surface area contributed by atoms with Crippen LogP contribution in [0.5, 0.6) is 0 Å². The van der Waals surface area contributed by atoms with Gasteiger partial charge in [-0.15, -0.1) is 11.3 Å². The summed E-state index contributed by atoms with van der Waals surface area (Å²) in [5.41, 5.74) is 0.810. The number of pyridine rings is 1. The average molecular weight is 262 g/mol. The van der Waals surface area contributed by atoms with Gasteiger partial charge in [0.1, 0.15) is 5.56 Å². The van der Waals surface area contributed by atoms with Crippen molar-refractivity contribution < 1.29 is 9.90 Å². The lowest BCUT2D eigenvalue weighted by atomic mass is 10.1. The SMILES string of the molecule is CCC(Nc1ccncc1C(=O)O)c1cccs1. The minimum Gasteiger partial charge on any atom is -0.478 e. The highest BCUT2D eigenvalue weighted by Gasteiger charge is 2.15. The van der Waals surface area contributed by atoms with Crippen LogP contribution in [0.4, 0.5) is 5.69 Å². The predicted octanol–water partition coefficient (Wildman–Crippen LogP) is 3.40. The van der Waals surface area contributed by atoms with Gasteiger partial charge in [-0.05, 0) is 23.9 Å². The van der Waals surface area contributed by atoms with Gasteiger partial charge < -0.3 is 10.4 Å². The standard InChI is InChI=1S/C13H14N2O2S/c1-2-10(12-4-3-7-18-12)15-11-5-6-14-8-9(11)13(16)17/h3-8,10H,2H2,1H3,(H,14,15)(H,16,17). The topological polar surface area (TPSA) is 62.2 Å². The highest BCUT2D eigenvalue weighted by Crippen LogP contribution is 2.27. The number of carbonyl (C=O) groups is 1. The number of hydrogen-bond acceptors (Lipinski definition) is 4. The summed E-state index contributed by atoms with van der Waals surface area (Å²) in [5.74, 6) is -0.966. The molecule has 0 saturated heterocycles. The fourth-order valence-corrected chi connectivity index (χ4v) is 2.60. The van der Waals surface area contributed by atoms with Crippen LogP contribution in [0.15, 0.2) is 36.0 Å². The van der Waals surface area contributed by atoms with Gasteiger partial charge >= 0.3 is 5.97 Å². The fourth-order valence-electron chi connectivity index (χ4n) is 1.74. The third kappa shape index (κ3) is 2.68. The highest BCUT2D eigenvalue weighted by molar-refractivity contribution is 7.10. The smallest absolute Gasteiger partial charge is 0.339 e. The molecule has 1 unspecified atom stereocenters. The molecular formula is C13H14N2O2S. The Bertz CT molecular complexity index is 526. The van der Waals surface area contributed by atoms with Crippen LogP contribution in [0.3, 0.4) is 0 Å². The van der Waals surface area contributed by atoms with E-state index in [2.05, 4.69) is 17.2 Å². The molecule has 0 fully saturated rings. The average Bonchev–Trinajstić information content (AvgIpc) is 2.90. The van der Waals surface area contributed by atoms with E-state index in [0.29, 0.717) is 5.69 Å². The molecule has 2 aromatic heterocycles. The molecule has 0 aliphatic heterocycles. The molecule has 94 valence electrons. The van der Waals surface area contributed by atoms with E-state index in [4.69, 9.17) is 5.11 Å². The molecule has 2 N–H and O–H groups in total. The summed E-state index contributed by atoms with van der Waals surface area (Å²) in [5, 5.41) is 14.4. The Morgan fingerprint density at radius 3 is 3.00 bits per heavy atom. The molecule has 4 nitrogen and oxygen atoms in total. The Balaban J connectivity index is 2.25. The van der Waals surface area contributed by atoms with Crippen LogP contribution in [-0.4, -0.2) is 16.1 Å². The molecule has 0 bridgehead atoms. The summed E-state index contributed by atoms with van der Waals surface area (Å²) in [6.45, 7) is 2.07. The number of anilines is 1. The highest BCUT2D eigenvalue weighted by atomic mass is 32.1. The van der Waals surface area contributed by atoms with Crippen molar-refractivity contribution in [2.75, 3.05) is 5.32 Å². The summed E-state index contributed by atoms with van der Waals surface area (Å²) in [6.07, 6.45) is 3.85. The zero-order chi connectivity index (χ0) is 13.0. The molecule has 0 aliphatic rings. The first-order chi connectivity index (χ1) is 8.72. The quantitative estimate of drug-likeness (QED) is 0.866. The van der Waals surface area contributed by atoms with Crippen molar-refractivity contribution in [3.8, 4) is 0 Å². The molecule has 0 radical (unpaired) electrons. The largest absolute Gasteiger partial charge is 0.478 e. The predicted molar refractivity (Wildman–Crippen MR) is 72.2 cm³/mol. The molecule has 0 spiro atoms. The van der Waals surface area contributed by atoms with Gasteiger partial charge in [0, 0.05) is 17.3 Å². The first kappa shape index (κ1) is 12.6. The van der Waals surface area contributed by atoms with E-state index in [9.17, 15) is 4.79 Å². The van der Waals surface area contributed by atoms with E-state index in [0.717, 1.165) is 6.42 Å². The van der Waals surface area contributed by atoms with E-state index in [1.165, 1.54) is 11.1 Å². The van der Waals surface area contributed by atoms with Crippen LogP contribution in [0.25, 0.3) is 0 Å². The van der Waals surface area contributed by atoms with Crippen LogP contribution < -0.4 is 5.32 Å². The van der Waals surface area contributed by atoms with Crippen molar-refractivity contribution in [1.29, 1.82) is 0 Å². The van der Waals surface area contributed by atoms with E-state index >= 15 is 0 Å². The Morgan fingerprint density at radius 1 is 1.56 bits per heavy atom. The number of nitrogens with one attached hydrogen (secondary N) is 1. The Hall–Kier alpha value is -1.88. The van der Waals surface area contributed by atoms with E-state index in [1.54, 1.807) is 23.6 Å². The molecule has 0 aromatic carbocycles. The van der Waals surface area contributed by atoms with Gasteiger partial charge in [-0.3, -0.25) is 4.98 Å². The van der Waals surface area contributed by atoms with Crippen LogP contribution in [-0.2, 0) is 0 Å². The number of hydrogen-bond donors (Lipinski definition) is 2. The van der Waals surface area contributed by atoms with Crippen molar-refractivity contribution in [3.63, 3.8) is 0 Å². The number of carboxylic acid groups (broad SMARTS) is 1. The van der Waals surface area contributed by atoms with Crippen molar-refractivity contribution in [3.05, 3.63) is 46.4 Å². The molecule has 5 heteroatoms. The van der Waals surface area contributed by atoms with Crippen molar-refractivity contribution in [2.45, 2.75) is 19.4 Å². The normalized spacial score (nSPS) is 12.1. The van der Waals surface area contributed by atoms with Gasteiger partial charge in [0.15, 0.2) is 0 Å². The zero-order valence-electron chi connectivity index (χ0n) is 9.96. The number of carboxylic acids is 1. The second-order valence-corrected chi connectivity index (χ2v) is 4.83. The molecule has 0 aliphatic carbocycles. The van der Waals surface area contributed by atoms with Crippen LogP contribution >= 0.6 is 11.3 Å². The molecule has 2 aromatic rings. The number of thiophene rings is 1. The van der Waals surface area contributed by atoms with E-state index < -0.39 is 5.97 Å². The summed E-state index contributed by atoms with van der Waals surface area (Å²) in [4.78, 5) is 16.1. The fraction of sp³-hybridized carbons (Fsp3) is 0.231. The second-order valence-electron chi connectivity index (χ2n) is 3.85. The number of aromatic nitrogens is 1. The molecule has 2 heterocycles. The van der Waals surface area contributed by atoms with E-state index in [-0.39, 0.29) is 11.6 Å². The van der Waals surface area contributed by atoms with Crippen LogP contribution in [0.2, 0.25) is 0 Å². The van der Waals surface area contributed by atoms with Gasteiger partial charge in [-0.25, -0.2) is 4.79 Å². The van der Waals surface area contributed by atoms with Crippen molar-refractivity contribution >= 4 is 23.0 Å². The van der Waals surface area contributed by atoms with Gasteiger partial charge in [-0.1, -0.05) is 13.0 Å². The number of aromatic carboxylic acids is 1. The van der Waals surface area contributed by atoms with Crippen molar-refractivity contribution in [2.24, 2.45) is 0 Å². The third-order valence-electron chi connectivity index (χ3n) is 2.68. The van der Waals surface area contributed by atoms with Gasteiger partial charge in [-0.2, -0.15) is 0 Å². The lowest BCUT2D eigenvalue weighted by molar-refractivity contribution is 0.0697. The lowest BCUT2D eigenvalue weighted by Crippen LogP contribution is -2.12. The molecular weight excluding hydrogens is 248 g/mol. The molecule has 2 rings (SSSR count). The summed E-state index contributed by atoms with van der Waals surface area (Å²) < 4.78 is 0. The maximum atomic E-state index is 11.1. The van der Waals surface area contributed by atoms with Crippen LogP contribution in [0.1, 0.15) is 34.6 Å². The van der Waals surface area contributed by atoms with E-state index in [1.807, 2.05) is 17.5 Å². The molecule has 18 heavy (non-hydrogen) atoms. The Kier molecular flexibility index (Phi) is 3.94. The van der Waals surface area contributed by atoms with Crippen LogP contribution in [0, 0.1) is 0 Å². The summed E-state index contributed by atoms with van der Waals surface area (Å²) >= 11 is 1.66. The minimum absolute atomic E-state index is 0.130. The first-order valence-electron chi connectivity index (χ1n) is 5.69. The lowest BCUT2D eigenvalue weighted by Gasteiger charge is -2.18. The maximum Gasteiger partial charge on any atom is 0.339 e. The molecule has 0 saturated carbocycles. The number of rotatable bonds is 5. The number of nitrogens with zero attached hydrogens (tertiary/aromatic N) is 1. The molecule has 0 amide bonds. The van der Waals surface area contributed by atoms with Crippen molar-refractivity contribution in [1.82, 2.24) is 4.98 Å². The zero-order valence-corrected chi connectivity index (χ0v) is 10.8. The maximum absolute atomic E-state index is 11.1. The van der Waals surface area contributed by atoms with Gasteiger partial charge in [0.2, 0.25) is 0 Å². The minimum atomic E-state index is -0.966. The molecule has 1 atom stereocenters. The Morgan fingerprint density at radius 2 is 2.39 bits per heavy atom. The monoisotopic (exact) mass is 262 g/mol.